The van der Waals surface area contributed by atoms with Crippen molar-refractivity contribution in [1.82, 2.24) is 9.88 Å². The van der Waals surface area contributed by atoms with E-state index in [0.717, 1.165) is 18.6 Å². The Morgan fingerprint density at radius 2 is 2.22 bits per heavy atom. The van der Waals surface area contributed by atoms with Crippen LogP contribution < -0.4 is 5.32 Å². The van der Waals surface area contributed by atoms with E-state index in [1.807, 2.05) is 6.20 Å². The number of anilines is 1. The van der Waals surface area contributed by atoms with E-state index in [0.29, 0.717) is 0 Å². The smallest absolute Gasteiger partial charge is 0.0830 e. The molecule has 1 N–H and O–H groups in total. The molecule has 4 heteroatoms. The molecule has 0 aliphatic heterocycles. The number of nitrogens with zero attached hydrogens (tertiary/aromatic N) is 2. The Labute approximate surface area is 113 Å². The van der Waals surface area contributed by atoms with Crippen LogP contribution in [0.25, 0.3) is 10.2 Å². The SMILES string of the molecule is CCCCN(C)CCNc1ccnc2ccsc12. The van der Waals surface area contributed by atoms with Crippen molar-refractivity contribution in [3.8, 4) is 0 Å². The third-order valence-electron chi connectivity index (χ3n) is 3.05. The van der Waals surface area contributed by atoms with E-state index in [1.165, 1.54) is 29.8 Å². The molecular formula is C14H21N3S. The first kappa shape index (κ1) is 13.3. The molecule has 0 bridgehead atoms. The fourth-order valence-electron chi connectivity index (χ4n) is 1.93. The van der Waals surface area contributed by atoms with Crippen LogP contribution in [0.2, 0.25) is 0 Å². The fourth-order valence-corrected chi connectivity index (χ4v) is 2.78. The van der Waals surface area contributed by atoms with E-state index in [4.69, 9.17) is 0 Å². The molecule has 0 unspecified atom stereocenters. The summed E-state index contributed by atoms with van der Waals surface area (Å²) in [5.74, 6) is 0. The Kier molecular flexibility index (Phi) is 4.96. The summed E-state index contributed by atoms with van der Waals surface area (Å²) in [5.41, 5.74) is 2.29. The molecule has 0 saturated heterocycles. The Balaban J connectivity index is 1.85. The first-order chi connectivity index (χ1) is 8.81. The van der Waals surface area contributed by atoms with Crippen LogP contribution in [-0.2, 0) is 0 Å². The highest BCUT2D eigenvalue weighted by molar-refractivity contribution is 7.17. The molecule has 0 aliphatic carbocycles. The van der Waals surface area contributed by atoms with Crippen molar-refractivity contribution in [2.24, 2.45) is 0 Å². The summed E-state index contributed by atoms with van der Waals surface area (Å²) in [7, 11) is 2.19. The number of unbranched alkanes of at least 4 members (excludes halogenated alkanes) is 1. The lowest BCUT2D eigenvalue weighted by molar-refractivity contribution is 0.340. The van der Waals surface area contributed by atoms with Gasteiger partial charge in [-0.05, 0) is 37.5 Å². The minimum Gasteiger partial charge on any atom is -0.383 e. The largest absolute Gasteiger partial charge is 0.383 e. The van der Waals surface area contributed by atoms with Crippen LogP contribution in [0, 0.1) is 0 Å². The first-order valence-corrected chi connectivity index (χ1v) is 7.44. The van der Waals surface area contributed by atoms with Crippen LogP contribution in [0.3, 0.4) is 0 Å². The van der Waals surface area contributed by atoms with Gasteiger partial charge in [0.1, 0.15) is 0 Å². The van der Waals surface area contributed by atoms with Crippen LogP contribution in [0.5, 0.6) is 0 Å². The average molecular weight is 263 g/mol. The Hall–Kier alpha value is -1.13. The highest BCUT2D eigenvalue weighted by Crippen LogP contribution is 2.26. The van der Waals surface area contributed by atoms with Crippen molar-refractivity contribution in [1.29, 1.82) is 0 Å². The van der Waals surface area contributed by atoms with Crippen molar-refractivity contribution in [2.45, 2.75) is 19.8 Å². The molecule has 2 heterocycles. The molecule has 2 rings (SSSR count). The highest BCUT2D eigenvalue weighted by Gasteiger charge is 2.03. The molecule has 98 valence electrons. The number of aromatic nitrogens is 1. The molecule has 0 radical (unpaired) electrons. The number of pyridine rings is 1. The predicted molar refractivity (Wildman–Crippen MR) is 80.5 cm³/mol. The maximum Gasteiger partial charge on any atom is 0.0830 e. The van der Waals surface area contributed by atoms with Gasteiger partial charge < -0.3 is 10.2 Å². The Morgan fingerprint density at radius 3 is 3.06 bits per heavy atom. The lowest BCUT2D eigenvalue weighted by Crippen LogP contribution is -2.26. The van der Waals surface area contributed by atoms with Gasteiger partial charge in [-0.25, -0.2) is 0 Å². The number of hydrogen-bond acceptors (Lipinski definition) is 4. The number of likely N-dealkylation sites (N-methyl/N-ethyl adjacent to an activating group) is 1. The van der Waals surface area contributed by atoms with Crippen molar-refractivity contribution < 1.29 is 0 Å². The lowest BCUT2D eigenvalue weighted by Gasteiger charge is -2.16. The van der Waals surface area contributed by atoms with Gasteiger partial charge in [-0.3, -0.25) is 4.98 Å². The summed E-state index contributed by atoms with van der Waals surface area (Å²) in [6.07, 6.45) is 4.41. The lowest BCUT2D eigenvalue weighted by atomic mass is 10.3. The van der Waals surface area contributed by atoms with Gasteiger partial charge in [-0.1, -0.05) is 13.3 Å². The second-order valence-electron chi connectivity index (χ2n) is 4.58. The van der Waals surface area contributed by atoms with Gasteiger partial charge >= 0.3 is 0 Å². The summed E-state index contributed by atoms with van der Waals surface area (Å²) >= 11 is 1.75. The Bertz CT molecular complexity index is 481. The van der Waals surface area contributed by atoms with Gasteiger partial charge in [0.2, 0.25) is 0 Å². The predicted octanol–water partition coefficient (Wildman–Crippen LogP) is 3.44. The van der Waals surface area contributed by atoms with Gasteiger partial charge in [0.15, 0.2) is 0 Å². The summed E-state index contributed by atoms with van der Waals surface area (Å²) < 4.78 is 1.26. The van der Waals surface area contributed by atoms with Crippen molar-refractivity contribution in [2.75, 3.05) is 32.0 Å². The summed E-state index contributed by atoms with van der Waals surface area (Å²) in [5, 5.41) is 5.60. The minimum atomic E-state index is 0.983. The van der Waals surface area contributed by atoms with Crippen molar-refractivity contribution in [3.05, 3.63) is 23.7 Å². The van der Waals surface area contributed by atoms with E-state index in [-0.39, 0.29) is 0 Å². The van der Waals surface area contributed by atoms with E-state index in [2.05, 4.69) is 46.7 Å². The minimum absolute atomic E-state index is 0.983. The third kappa shape index (κ3) is 3.43. The second kappa shape index (κ2) is 6.71. The zero-order valence-electron chi connectivity index (χ0n) is 11.1. The molecule has 2 aromatic rings. The molecule has 0 aliphatic rings. The van der Waals surface area contributed by atoms with Gasteiger partial charge in [-0.2, -0.15) is 0 Å². The van der Waals surface area contributed by atoms with E-state index < -0.39 is 0 Å². The van der Waals surface area contributed by atoms with Gasteiger partial charge in [0.05, 0.1) is 15.9 Å². The summed E-state index contributed by atoms with van der Waals surface area (Å²) in [4.78, 5) is 6.72. The number of hydrogen-bond donors (Lipinski definition) is 1. The molecule has 0 saturated carbocycles. The molecule has 18 heavy (non-hydrogen) atoms. The highest BCUT2D eigenvalue weighted by atomic mass is 32.1. The van der Waals surface area contributed by atoms with Gasteiger partial charge in [-0.15, -0.1) is 11.3 Å². The van der Waals surface area contributed by atoms with Crippen LogP contribution in [0.4, 0.5) is 5.69 Å². The molecule has 2 aromatic heterocycles. The second-order valence-corrected chi connectivity index (χ2v) is 5.49. The molecular weight excluding hydrogens is 242 g/mol. The van der Waals surface area contributed by atoms with E-state index in [9.17, 15) is 0 Å². The number of fused-ring (bicyclic) bond motifs is 1. The third-order valence-corrected chi connectivity index (χ3v) is 3.98. The molecule has 3 nitrogen and oxygen atoms in total. The topological polar surface area (TPSA) is 28.2 Å². The van der Waals surface area contributed by atoms with Crippen molar-refractivity contribution in [3.63, 3.8) is 0 Å². The summed E-state index contributed by atoms with van der Waals surface area (Å²) in [6.45, 7) is 5.48. The fraction of sp³-hybridized carbons (Fsp3) is 0.500. The van der Waals surface area contributed by atoms with Crippen LogP contribution in [0.1, 0.15) is 19.8 Å². The average Bonchev–Trinajstić information content (AvgIpc) is 2.85. The molecule has 0 aromatic carbocycles. The maximum atomic E-state index is 4.35. The maximum absolute atomic E-state index is 4.35. The van der Waals surface area contributed by atoms with E-state index in [1.54, 1.807) is 11.3 Å². The number of rotatable bonds is 7. The first-order valence-electron chi connectivity index (χ1n) is 6.56. The Morgan fingerprint density at radius 1 is 1.33 bits per heavy atom. The molecule has 0 atom stereocenters. The van der Waals surface area contributed by atoms with Crippen molar-refractivity contribution >= 4 is 27.2 Å². The number of nitrogens with one attached hydrogen (secondary N) is 1. The van der Waals surface area contributed by atoms with E-state index >= 15 is 0 Å². The standard InChI is InChI=1S/C14H21N3S/c1-3-4-9-17(2)10-8-16-12-5-7-15-13-6-11-18-14(12)13/h5-7,11H,3-4,8-10H2,1-2H3,(H,15,16). The molecule has 0 amide bonds. The normalized spacial score (nSPS) is 11.3. The van der Waals surface area contributed by atoms with Crippen LogP contribution >= 0.6 is 11.3 Å². The molecule has 0 fully saturated rings. The monoisotopic (exact) mass is 263 g/mol. The van der Waals surface area contributed by atoms with Gasteiger partial charge in [0.25, 0.3) is 0 Å². The van der Waals surface area contributed by atoms with Gasteiger partial charge in [0, 0.05) is 19.3 Å². The number of thiophene rings is 1. The summed E-state index contributed by atoms with van der Waals surface area (Å²) in [6, 6.07) is 4.13. The van der Waals surface area contributed by atoms with Crippen LogP contribution in [0.15, 0.2) is 23.7 Å². The molecule has 0 spiro atoms. The van der Waals surface area contributed by atoms with Crippen LogP contribution in [-0.4, -0.2) is 36.6 Å². The zero-order valence-corrected chi connectivity index (χ0v) is 12.0. The zero-order chi connectivity index (χ0) is 12.8. The quantitative estimate of drug-likeness (QED) is 0.829.